The number of nitrogens with one attached hydrogen (secondary N) is 1. The van der Waals surface area contributed by atoms with Crippen LogP contribution in [0.15, 0.2) is 22.7 Å². The lowest BCUT2D eigenvalue weighted by Gasteiger charge is -2.23. The third-order valence-electron chi connectivity index (χ3n) is 4.41. The average Bonchev–Trinajstić information content (AvgIpc) is 3.00. The summed E-state index contributed by atoms with van der Waals surface area (Å²) in [7, 11) is 0. The van der Waals surface area contributed by atoms with E-state index in [1.165, 1.54) is 12.0 Å². The highest BCUT2D eigenvalue weighted by Gasteiger charge is 2.42. The zero-order valence-electron chi connectivity index (χ0n) is 11.6. The van der Waals surface area contributed by atoms with E-state index in [0.29, 0.717) is 5.41 Å². The second kappa shape index (κ2) is 6.04. The van der Waals surface area contributed by atoms with Gasteiger partial charge in [-0.25, -0.2) is 0 Å². The Morgan fingerprint density at radius 1 is 1.40 bits per heavy atom. The van der Waals surface area contributed by atoms with Gasteiger partial charge in [0, 0.05) is 29.5 Å². The fourth-order valence-electron chi connectivity index (χ4n) is 3.22. The maximum absolute atomic E-state index is 12.6. The Labute approximate surface area is 134 Å². The summed E-state index contributed by atoms with van der Waals surface area (Å²) in [6.07, 6.45) is 2.33. The number of carbonyl (C=O) groups excluding carboxylic acids is 1. The molecule has 3 nitrogen and oxygen atoms in total. The molecule has 0 radical (unpaired) electrons. The van der Waals surface area contributed by atoms with Gasteiger partial charge in [-0.15, -0.1) is 12.4 Å². The van der Waals surface area contributed by atoms with Crippen LogP contribution in [0.5, 0.6) is 0 Å². The van der Waals surface area contributed by atoms with E-state index in [1.54, 1.807) is 0 Å². The molecular weight excluding hydrogens is 340 g/mol. The van der Waals surface area contributed by atoms with Crippen LogP contribution in [-0.2, 0) is 0 Å². The SMILES string of the molecule is Cc1ccc(C(=O)N2CCC3(CCNC3)C2)c(Br)c1.Cl. The van der Waals surface area contributed by atoms with E-state index in [0.717, 1.165) is 42.6 Å². The van der Waals surface area contributed by atoms with Crippen LogP contribution in [0.25, 0.3) is 0 Å². The molecule has 0 aromatic heterocycles. The van der Waals surface area contributed by atoms with E-state index in [9.17, 15) is 4.79 Å². The molecule has 1 aromatic rings. The molecule has 20 heavy (non-hydrogen) atoms. The minimum atomic E-state index is 0. The van der Waals surface area contributed by atoms with E-state index < -0.39 is 0 Å². The van der Waals surface area contributed by atoms with Gasteiger partial charge in [-0.2, -0.15) is 0 Å². The molecule has 1 N–H and O–H groups in total. The van der Waals surface area contributed by atoms with Crippen molar-refractivity contribution in [3.63, 3.8) is 0 Å². The predicted octanol–water partition coefficient (Wildman–Crippen LogP) is 3.00. The number of aryl methyl sites for hydroxylation is 1. The zero-order chi connectivity index (χ0) is 13.5. The summed E-state index contributed by atoms with van der Waals surface area (Å²) in [5.74, 6) is 0.163. The summed E-state index contributed by atoms with van der Waals surface area (Å²) >= 11 is 3.51. The number of hydrogen-bond donors (Lipinski definition) is 1. The third kappa shape index (κ3) is 2.87. The molecule has 3 rings (SSSR count). The molecule has 1 spiro atoms. The Kier molecular flexibility index (Phi) is 4.77. The number of rotatable bonds is 1. The molecule has 1 amide bonds. The van der Waals surface area contributed by atoms with Crippen molar-refractivity contribution in [2.75, 3.05) is 26.2 Å². The molecule has 1 atom stereocenters. The summed E-state index contributed by atoms with van der Waals surface area (Å²) < 4.78 is 0.906. The monoisotopic (exact) mass is 358 g/mol. The number of hydrogen-bond acceptors (Lipinski definition) is 2. The first-order valence-corrected chi connectivity index (χ1v) is 7.65. The van der Waals surface area contributed by atoms with Crippen molar-refractivity contribution in [2.45, 2.75) is 19.8 Å². The molecule has 5 heteroatoms. The van der Waals surface area contributed by atoms with Gasteiger partial charge in [-0.3, -0.25) is 4.79 Å². The summed E-state index contributed by atoms with van der Waals surface area (Å²) in [4.78, 5) is 14.6. The van der Waals surface area contributed by atoms with Gasteiger partial charge in [0.25, 0.3) is 5.91 Å². The number of likely N-dealkylation sites (tertiary alicyclic amines) is 1. The largest absolute Gasteiger partial charge is 0.338 e. The number of carbonyl (C=O) groups is 1. The van der Waals surface area contributed by atoms with Crippen LogP contribution in [0.3, 0.4) is 0 Å². The van der Waals surface area contributed by atoms with E-state index in [2.05, 4.69) is 21.2 Å². The number of amides is 1. The summed E-state index contributed by atoms with van der Waals surface area (Å²) in [6, 6.07) is 5.94. The fourth-order valence-corrected chi connectivity index (χ4v) is 3.88. The molecule has 0 saturated carbocycles. The standard InChI is InChI=1S/C15H19BrN2O.ClH/c1-11-2-3-12(13(16)8-11)14(19)18-7-5-15(10-18)4-6-17-9-15;/h2-3,8,17H,4-7,9-10H2,1H3;1H. The van der Waals surface area contributed by atoms with E-state index in [4.69, 9.17) is 0 Å². The summed E-state index contributed by atoms with van der Waals surface area (Å²) in [6.45, 7) is 5.98. The van der Waals surface area contributed by atoms with Crippen LogP contribution < -0.4 is 5.32 Å². The van der Waals surface area contributed by atoms with Crippen molar-refractivity contribution in [3.05, 3.63) is 33.8 Å². The minimum absolute atomic E-state index is 0. The Balaban J connectivity index is 0.00000147. The van der Waals surface area contributed by atoms with Crippen molar-refractivity contribution in [2.24, 2.45) is 5.41 Å². The highest BCUT2D eigenvalue weighted by atomic mass is 79.9. The lowest BCUT2D eigenvalue weighted by Crippen LogP contribution is -2.33. The lowest BCUT2D eigenvalue weighted by molar-refractivity contribution is 0.0775. The van der Waals surface area contributed by atoms with Crippen LogP contribution in [0.1, 0.15) is 28.8 Å². The van der Waals surface area contributed by atoms with Gasteiger partial charge in [0.1, 0.15) is 0 Å². The van der Waals surface area contributed by atoms with Gasteiger partial charge >= 0.3 is 0 Å². The Hall–Kier alpha value is -0.580. The molecule has 2 fully saturated rings. The second-order valence-electron chi connectivity index (χ2n) is 5.89. The van der Waals surface area contributed by atoms with Crippen molar-refractivity contribution >= 4 is 34.2 Å². The van der Waals surface area contributed by atoms with Crippen molar-refractivity contribution in [1.82, 2.24) is 10.2 Å². The zero-order valence-corrected chi connectivity index (χ0v) is 14.0. The molecule has 0 bridgehead atoms. The topological polar surface area (TPSA) is 32.3 Å². The van der Waals surface area contributed by atoms with Crippen LogP contribution in [0, 0.1) is 12.3 Å². The van der Waals surface area contributed by atoms with Crippen LogP contribution in [0.2, 0.25) is 0 Å². The lowest BCUT2D eigenvalue weighted by atomic mass is 9.86. The molecule has 2 heterocycles. The maximum Gasteiger partial charge on any atom is 0.255 e. The van der Waals surface area contributed by atoms with Gasteiger partial charge < -0.3 is 10.2 Å². The molecule has 1 aromatic carbocycles. The smallest absolute Gasteiger partial charge is 0.255 e. The first-order chi connectivity index (χ1) is 9.10. The second-order valence-corrected chi connectivity index (χ2v) is 6.74. The average molecular weight is 360 g/mol. The molecule has 110 valence electrons. The Morgan fingerprint density at radius 3 is 2.85 bits per heavy atom. The number of halogens is 2. The third-order valence-corrected chi connectivity index (χ3v) is 5.07. The van der Waals surface area contributed by atoms with E-state index in [1.807, 2.05) is 30.0 Å². The fraction of sp³-hybridized carbons (Fsp3) is 0.533. The van der Waals surface area contributed by atoms with Crippen molar-refractivity contribution in [3.8, 4) is 0 Å². The maximum atomic E-state index is 12.6. The van der Waals surface area contributed by atoms with Crippen molar-refractivity contribution < 1.29 is 4.79 Å². The summed E-state index contributed by atoms with van der Waals surface area (Å²) in [5, 5.41) is 3.43. The normalized spacial score (nSPS) is 25.0. The number of nitrogens with zero attached hydrogens (tertiary/aromatic N) is 1. The Morgan fingerprint density at radius 2 is 2.20 bits per heavy atom. The quantitative estimate of drug-likeness (QED) is 0.836. The first-order valence-electron chi connectivity index (χ1n) is 6.86. The minimum Gasteiger partial charge on any atom is -0.338 e. The molecular formula is C15H20BrClN2O. The molecule has 0 aliphatic carbocycles. The van der Waals surface area contributed by atoms with Crippen LogP contribution >= 0.6 is 28.3 Å². The van der Waals surface area contributed by atoms with Gasteiger partial charge in [0.05, 0.1) is 5.56 Å². The van der Waals surface area contributed by atoms with Crippen molar-refractivity contribution in [1.29, 1.82) is 0 Å². The van der Waals surface area contributed by atoms with Crippen LogP contribution in [-0.4, -0.2) is 37.0 Å². The molecule has 2 saturated heterocycles. The van der Waals surface area contributed by atoms with Crippen LogP contribution in [0.4, 0.5) is 0 Å². The molecule has 2 aliphatic rings. The predicted molar refractivity (Wildman–Crippen MR) is 86.6 cm³/mol. The van der Waals surface area contributed by atoms with E-state index in [-0.39, 0.29) is 18.3 Å². The van der Waals surface area contributed by atoms with E-state index >= 15 is 0 Å². The summed E-state index contributed by atoms with van der Waals surface area (Å²) in [5.41, 5.74) is 2.29. The first kappa shape index (κ1) is 15.8. The highest BCUT2D eigenvalue weighted by Crippen LogP contribution is 2.37. The van der Waals surface area contributed by atoms with Gasteiger partial charge in [0.2, 0.25) is 0 Å². The molecule has 1 unspecified atom stereocenters. The molecule has 2 aliphatic heterocycles. The van der Waals surface area contributed by atoms with Gasteiger partial charge in [-0.1, -0.05) is 6.07 Å². The highest BCUT2D eigenvalue weighted by molar-refractivity contribution is 9.10. The Bertz CT molecular complexity index is 515. The van der Waals surface area contributed by atoms with Gasteiger partial charge in [-0.05, 0) is 59.9 Å². The van der Waals surface area contributed by atoms with Gasteiger partial charge in [0.15, 0.2) is 0 Å². The number of benzene rings is 1.